The molecule has 2 rings (SSSR count). The normalized spacial score (nSPS) is 16.0. The summed E-state index contributed by atoms with van der Waals surface area (Å²) in [6.45, 7) is 5.93. The molecule has 0 aromatic carbocycles. The first kappa shape index (κ1) is 15.7. The van der Waals surface area contributed by atoms with Gasteiger partial charge in [0.15, 0.2) is 0 Å². The summed E-state index contributed by atoms with van der Waals surface area (Å²) < 4.78 is 0. The standard InChI is InChI=1S/C14H24N6O/c15-4-1-3-13(21)16-7-8-19-9-11-20(12-10-19)14-17-5-2-6-18-14/h2,5-6H,1,3-4,7-12,15H2,(H,16,21). The van der Waals surface area contributed by atoms with Crippen LogP contribution in [0.1, 0.15) is 12.8 Å². The molecule has 0 radical (unpaired) electrons. The van der Waals surface area contributed by atoms with Crippen LogP contribution in [0.15, 0.2) is 18.5 Å². The molecule has 1 aromatic rings. The van der Waals surface area contributed by atoms with Gasteiger partial charge in [-0.2, -0.15) is 0 Å². The monoisotopic (exact) mass is 292 g/mol. The molecule has 0 spiro atoms. The number of nitrogens with one attached hydrogen (secondary N) is 1. The molecular weight excluding hydrogens is 268 g/mol. The van der Waals surface area contributed by atoms with Gasteiger partial charge >= 0.3 is 0 Å². The maximum absolute atomic E-state index is 11.5. The summed E-state index contributed by atoms with van der Waals surface area (Å²) in [5.41, 5.74) is 5.38. The van der Waals surface area contributed by atoms with E-state index in [9.17, 15) is 4.79 Å². The molecule has 0 saturated carbocycles. The van der Waals surface area contributed by atoms with E-state index in [0.717, 1.165) is 45.1 Å². The Balaban J connectivity index is 1.62. The minimum Gasteiger partial charge on any atom is -0.355 e. The van der Waals surface area contributed by atoms with Gasteiger partial charge in [-0.1, -0.05) is 0 Å². The van der Waals surface area contributed by atoms with E-state index in [1.54, 1.807) is 12.4 Å². The fourth-order valence-electron chi connectivity index (χ4n) is 2.33. The Morgan fingerprint density at radius 2 is 1.95 bits per heavy atom. The largest absolute Gasteiger partial charge is 0.355 e. The molecular formula is C14H24N6O. The van der Waals surface area contributed by atoms with Crippen LogP contribution in [0.3, 0.4) is 0 Å². The van der Waals surface area contributed by atoms with Gasteiger partial charge < -0.3 is 16.0 Å². The van der Waals surface area contributed by atoms with E-state index in [-0.39, 0.29) is 5.91 Å². The van der Waals surface area contributed by atoms with Crippen molar-refractivity contribution in [2.45, 2.75) is 12.8 Å². The first-order valence-electron chi connectivity index (χ1n) is 7.50. The highest BCUT2D eigenvalue weighted by Gasteiger charge is 2.18. The number of hydrogen-bond donors (Lipinski definition) is 2. The zero-order chi connectivity index (χ0) is 14.9. The van der Waals surface area contributed by atoms with Crippen molar-refractivity contribution in [3.63, 3.8) is 0 Å². The average molecular weight is 292 g/mol. The molecule has 7 nitrogen and oxygen atoms in total. The first-order chi connectivity index (χ1) is 10.3. The van der Waals surface area contributed by atoms with Crippen molar-refractivity contribution in [3.8, 4) is 0 Å². The zero-order valence-electron chi connectivity index (χ0n) is 12.4. The molecule has 2 heterocycles. The second-order valence-corrected chi connectivity index (χ2v) is 5.12. The summed E-state index contributed by atoms with van der Waals surface area (Å²) >= 11 is 0. The summed E-state index contributed by atoms with van der Waals surface area (Å²) in [4.78, 5) is 24.6. The van der Waals surface area contributed by atoms with Gasteiger partial charge in [-0.05, 0) is 19.0 Å². The lowest BCUT2D eigenvalue weighted by atomic mass is 10.3. The predicted molar refractivity (Wildman–Crippen MR) is 82.0 cm³/mol. The number of aromatic nitrogens is 2. The topological polar surface area (TPSA) is 87.4 Å². The second kappa shape index (κ2) is 8.53. The summed E-state index contributed by atoms with van der Waals surface area (Å²) in [5.74, 6) is 0.893. The predicted octanol–water partition coefficient (Wildman–Crippen LogP) is -0.546. The number of amides is 1. The van der Waals surface area contributed by atoms with Gasteiger partial charge in [0, 0.05) is 58.1 Å². The number of rotatable bonds is 7. The minimum atomic E-state index is 0.0942. The van der Waals surface area contributed by atoms with Crippen molar-refractivity contribution in [1.82, 2.24) is 20.2 Å². The molecule has 0 bridgehead atoms. The minimum absolute atomic E-state index is 0.0942. The number of carbonyl (C=O) groups excluding carboxylic acids is 1. The Hall–Kier alpha value is -1.73. The van der Waals surface area contributed by atoms with Crippen LogP contribution in [0.2, 0.25) is 0 Å². The summed E-state index contributed by atoms with van der Waals surface area (Å²) in [6, 6.07) is 1.83. The molecule has 1 saturated heterocycles. The highest BCUT2D eigenvalue weighted by molar-refractivity contribution is 5.75. The molecule has 1 aliphatic heterocycles. The van der Waals surface area contributed by atoms with Crippen LogP contribution in [-0.4, -0.2) is 66.6 Å². The Morgan fingerprint density at radius 1 is 1.24 bits per heavy atom. The van der Waals surface area contributed by atoms with Crippen molar-refractivity contribution in [3.05, 3.63) is 18.5 Å². The highest BCUT2D eigenvalue weighted by Crippen LogP contribution is 2.08. The Bertz CT molecular complexity index is 419. The van der Waals surface area contributed by atoms with Crippen LogP contribution in [0.4, 0.5) is 5.95 Å². The third kappa shape index (κ3) is 5.28. The zero-order valence-corrected chi connectivity index (χ0v) is 12.4. The van der Waals surface area contributed by atoms with E-state index >= 15 is 0 Å². The molecule has 7 heteroatoms. The van der Waals surface area contributed by atoms with Crippen molar-refractivity contribution in [2.24, 2.45) is 5.73 Å². The fourth-order valence-corrected chi connectivity index (χ4v) is 2.33. The van der Waals surface area contributed by atoms with Gasteiger partial charge in [0.05, 0.1) is 0 Å². The summed E-state index contributed by atoms with van der Waals surface area (Å²) in [5, 5.41) is 2.93. The van der Waals surface area contributed by atoms with E-state index in [2.05, 4.69) is 25.1 Å². The smallest absolute Gasteiger partial charge is 0.225 e. The van der Waals surface area contributed by atoms with Crippen LogP contribution in [0.25, 0.3) is 0 Å². The molecule has 116 valence electrons. The maximum Gasteiger partial charge on any atom is 0.225 e. The third-order valence-corrected chi connectivity index (χ3v) is 3.57. The number of nitrogens with zero attached hydrogens (tertiary/aromatic N) is 4. The first-order valence-corrected chi connectivity index (χ1v) is 7.50. The van der Waals surface area contributed by atoms with E-state index in [4.69, 9.17) is 5.73 Å². The van der Waals surface area contributed by atoms with Gasteiger partial charge in [-0.25, -0.2) is 9.97 Å². The van der Waals surface area contributed by atoms with Crippen molar-refractivity contribution >= 4 is 11.9 Å². The molecule has 21 heavy (non-hydrogen) atoms. The fraction of sp³-hybridized carbons (Fsp3) is 0.643. The van der Waals surface area contributed by atoms with E-state index < -0.39 is 0 Å². The lowest BCUT2D eigenvalue weighted by Crippen LogP contribution is -2.49. The third-order valence-electron chi connectivity index (χ3n) is 3.57. The van der Waals surface area contributed by atoms with E-state index in [1.807, 2.05) is 6.07 Å². The molecule has 0 unspecified atom stereocenters. The number of carbonyl (C=O) groups is 1. The lowest BCUT2D eigenvalue weighted by Gasteiger charge is -2.34. The van der Waals surface area contributed by atoms with E-state index in [1.165, 1.54) is 0 Å². The number of anilines is 1. The summed E-state index contributed by atoms with van der Waals surface area (Å²) in [6.07, 6.45) is 4.81. The molecule has 1 aliphatic rings. The van der Waals surface area contributed by atoms with Crippen molar-refractivity contribution in [2.75, 3.05) is 50.7 Å². The average Bonchev–Trinajstić information content (AvgIpc) is 2.54. The van der Waals surface area contributed by atoms with Gasteiger partial charge in [-0.3, -0.25) is 9.69 Å². The van der Waals surface area contributed by atoms with Crippen LogP contribution in [-0.2, 0) is 4.79 Å². The lowest BCUT2D eigenvalue weighted by molar-refractivity contribution is -0.121. The van der Waals surface area contributed by atoms with Crippen LogP contribution >= 0.6 is 0 Å². The van der Waals surface area contributed by atoms with Crippen LogP contribution < -0.4 is 16.0 Å². The van der Waals surface area contributed by atoms with Gasteiger partial charge in [0.2, 0.25) is 11.9 Å². The van der Waals surface area contributed by atoms with Gasteiger partial charge in [0.1, 0.15) is 0 Å². The van der Waals surface area contributed by atoms with Crippen LogP contribution in [0, 0.1) is 0 Å². The SMILES string of the molecule is NCCCC(=O)NCCN1CCN(c2ncccn2)CC1. The Kier molecular flexibility index (Phi) is 6.36. The Labute approximate surface area is 125 Å². The second-order valence-electron chi connectivity index (χ2n) is 5.12. The van der Waals surface area contributed by atoms with Crippen LogP contribution in [0.5, 0.6) is 0 Å². The molecule has 3 N–H and O–H groups in total. The maximum atomic E-state index is 11.5. The van der Waals surface area contributed by atoms with Gasteiger partial charge in [-0.15, -0.1) is 0 Å². The quantitative estimate of drug-likeness (QED) is 0.701. The Morgan fingerprint density at radius 3 is 2.62 bits per heavy atom. The molecule has 1 fully saturated rings. The number of nitrogens with two attached hydrogens (primary N) is 1. The van der Waals surface area contributed by atoms with Crippen molar-refractivity contribution in [1.29, 1.82) is 0 Å². The molecule has 0 atom stereocenters. The van der Waals surface area contributed by atoms with E-state index in [0.29, 0.717) is 19.5 Å². The number of piperazine rings is 1. The highest BCUT2D eigenvalue weighted by atomic mass is 16.1. The van der Waals surface area contributed by atoms with Crippen molar-refractivity contribution < 1.29 is 4.79 Å². The molecule has 1 aromatic heterocycles. The molecule has 1 amide bonds. The molecule has 0 aliphatic carbocycles. The van der Waals surface area contributed by atoms with Gasteiger partial charge in [0.25, 0.3) is 0 Å². The number of hydrogen-bond acceptors (Lipinski definition) is 6. The summed E-state index contributed by atoms with van der Waals surface area (Å²) in [7, 11) is 0.